The maximum atomic E-state index is 5.78. The zero-order valence-electron chi connectivity index (χ0n) is 9.53. The molecule has 0 saturated heterocycles. The van der Waals surface area contributed by atoms with Crippen LogP contribution in [0.4, 0.5) is 17.6 Å². The lowest BCUT2D eigenvalue weighted by molar-refractivity contribution is 1.05. The van der Waals surface area contributed by atoms with Gasteiger partial charge in [-0.05, 0) is 36.2 Å². The predicted molar refractivity (Wildman–Crippen MR) is 68.8 cm³/mol. The van der Waals surface area contributed by atoms with Crippen molar-refractivity contribution in [2.24, 2.45) is 0 Å². The summed E-state index contributed by atoms with van der Waals surface area (Å²) < 4.78 is 0. The highest BCUT2D eigenvalue weighted by molar-refractivity contribution is 6.28. The van der Waals surface area contributed by atoms with Gasteiger partial charge in [0.05, 0.1) is 0 Å². The molecule has 1 heterocycles. The van der Waals surface area contributed by atoms with Gasteiger partial charge in [-0.2, -0.15) is 15.0 Å². The van der Waals surface area contributed by atoms with Crippen LogP contribution in [0.5, 0.6) is 0 Å². The van der Waals surface area contributed by atoms with Crippen LogP contribution >= 0.6 is 11.6 Å². The summed E-state index contributed by atoms with van der Waals surface area (Å²) in [7, 11) is 1.72. The second-order valence-electron chi connectivity index (χ2n) is 3.50. The van der Waals surface area contributed by atoms with Crippen LogP contribution in [0.25, 0.3) is 0 Å². The number of rotatable bonds is 3. The molecule has 2 N–H and O–H groups in total. The molecule has 0 radical (unpaired) electrons. The maximum Gasteiger partial charge on any atom is 0.233 e. The molecule has 5 nitrogen and oxygen atoms in total. The van der Waals surface area contributed by atoms with Gasteiger partial charge in [0.25, 0.3) is 0 Å². The van der Waals surface area contributed by atoms with Crippen molar-refractivity contribution >= 4 is 29.2 Å². The first kappa shape index (κ1) is 11.6. The number of hydrogen-bond donors (Lipinski definition) is 2. The lowest BCUT2D eigenvalue weighted by Crippen LogP contribution is -2.03. The lowest BCUT2D eigenvalue weighted by Gasteiger charge is -2.06. The predicted octanol–water partition coefficient (Wildman–Crippen LogP) is 2.62. The minimum Gasteiger partial charge on any atom is -0.357 e. The number of nitrogens with zero attached hydrogens (tertiary/aromatic N) is 3. The summed E-state index contributed by atoms with van der Waals surface area (Å²) >= 11 is 5.78. The summed E-state index contributed by atoms with van der Waals surface area (Å²) in [4.78, 5) is 12.1. The van der Waals surface area contributed by atoms with Gasteiger partial charge in [-0.25, -0.2) is 0 Å². The van der Waals surface area contributed by atoms with Gasteiger partial charge in [0.2, 0.25) is 17.2 Å². The van der Waals surface area contributed by atoms with Crippen LogP contribution in [0, 0.1) is 6.92 Å². The van der Waals surface area contributed by atoms with E-state index in [1.807, 2.05) is 31.2 Å². The zero-order chi connectivity index (χ0) is 12.3. The van der Waals surface area contributed by atoms with E-state index < -0.39 is 0 Å². The first-order chi connectivity index (χ1) is 8.17. The highest BCUT2D eigenvalue weighted by Crippen LogP contribution is 2.16. The Morgan fingerprint density at radius 3 is 2.59 bits per heavy atom. The average molecular weight is 250 g/mol. The highest BCUT2D eigenvalue weighted by Gasteiger charge is 2.03. The Morgan fingerprint density at radius 1 is 1.12 bits per heavy atom. The molecule has 17 heavy (non-hydrogen) atoms. The number of aromatic nitrogens is 3. The second-order valence-corrected chi connectivity index (χ2v) is 3.83. The van der Waals surface area contributed by atoms with Gasteiger partial charge < -0.3 is 10.6 Å². The van der Waals surface area contributed by atoms with E-state index in [0.717, 1.165) is 11.3 Å². The van der Waals surface area contributed by atoms with E-state index in [-0.39, 0.29) is 5.28 Å². The van der Waals surface area contributed by atoms with Gasteiger partial charge in [-0.3, -0.25) is 0 Å². The number of hydrogen-bond acceptors (Lipinski definition) is 5. The molecule has 0 unspecified atom stereocenters. The molecular weight excluding hydrogens is 238 g/mol. The first-order valence-corrected chi connectivity index (χ1v) is 5.48. The molecule has 88 valence electrons. The molecule has 0 aliphatic heterocycles. The number of nitrogens with one attached hydrogen (secondary N) is 2. The Morgan fingerprint density at radius 2 is 1.88 bits per heavy atom. The fourth-order valence-corrected chi connectivity index (χ4v) is 1.53. The van der Waals surface area contributed by atoms with Crippen LogP contribution in [0.3, 0.4) is 0 Å². The molecule has 0 aliphatic rings. The van der Waals surface area contributed by atoms with E-state index in [4.69, 9.17) is 11.6 Å². The zero-order valence-corrected chi connectivity index (χ0v) is 10.3. The van der Waals surface area contributed by atoms with Gasteiger partial charge in [-0.15, -0.1) is 0 Å². The van der Waals surface area contributed by atoms with E-state index in [2.05, 4.69) is 25.6 Å². The van der Waals surface area contributed by atoms with Gasteiger partial charge in [0.15, 0.2) is 0 Å². The number of anilines is 3. The SMILES string of the molecule is CNc1nc(Cl)nc(Nc2cccc(C)c2)n1. The van der Waals surface area contributed by atoms with Crippen molar-refractivity contribution in [3.8, 4) is 0 Å². The van der Waals surface area contributed by atoms with E-state index in [0.29, 0.717) is 11.9 Å². The summed E-state index contributed by atoms with van der Waals surface area (Å²) in [6.45, 7) is 2.02. The maximum absolute atomic E-state index is 5.78. The van der Waals surface area contributed by atoms with Crippen molar-refractivity contribution in [1.82, 2.24) is 15.0 Å². The molecular formula is C11H12ClN5. The smallest absolute Gasteiger partial charge is 0.233 e. The van der Waals surface area contributed by atoms with E-state index in [1.165, 1.54) is 0 Å². The Balaban J connectivity index is 2.26. The topological polar surface area (TPSA) is 62.7 Å². The molecule has 0 saturated carbocycles. The van der Waals surface area contributed by atoms with Crippen LogP contribution in [0.1, 0.15) is 5.56 Å². The largest absolute Gasteiger partial charge is 0.357 e. The van der Waals surface area contributed by atoms with Gasteiger partial charge in [-0.1, -0.05) is 12.1 Å². The summed E-state index contributed by atoms with van der Waals surface area (Å²) in [6, 6.07) is 7.91. The summed E-state index contributed by atoms with van der Waals surface area (Å²) in [5.41, 5.74) is 2.07. The van der Waals surface area contributed by atoms with Crippen molar-refractivity contribution in [2.75, 3.05) is 17.7 Å². The monoisotopic (exact) mass is 249 g/mol. The van der Waals surface area contributed by atoms with Crippen molar-refractivity contribution in [3.63, 3.8) is 0 Å². The molecule has 2 rings (SSSR count). The normalized spacial score (nSPS) is 10.1. The minimum absolute atomic E-state index is 0.152. The molecule has 0 fully saturated rings. The van der Waals surface area contributed by atoms with Crippen molar-refractivity contribution in [1.29, 1.82) is 0 Å². The van der Waals surface area contributed by atoms with Crippen molar-refractivity contribution in [2.45, 2.75) is 6.92 Å². The molecule has 2 aromatic rings. The standard InChI is InChI=1S/C11H12ClN5/c1-7-4-3-5-8(6-7)14-11-16-9(12)15-10(13-2)17-11/h3-6H,1-2H3,(H2,13,14,15,16,17). The van der Waals surface area contributed by atoms with Gasteiger partial charge in [0, 0.05) is 12.7 Å². The molecule has 0 spiro atoms. The van der Waals surface area contributed by atoms with Crippen LogP contribution in [0.2, 0.25) is 5.28 Å². The third-order valence-electron chi connectivity index (χ3n) is 2.11. The summed E-state index contributed by atoms with van der Waals surface area (Å²) in [5, 5.41) is 6.04. The van der Waals surface area contributed by atoms with Crippen molar-refractivity contribution < 1.29 is 0 Å². The molecule has 0 atom stereocenters. The van der Waals surface area contributed by atoms with E-state index in [1.54, 1.807) is 7.05 Å². The third-order valence-corrected chi connectivity index (χ3v) is 2.27. The van der Waals surface area contributed by atoms with Crippen LogP contribution in [0.15, 0.2) is 24.3 Å². The molecule has 0 amide bonds. The highest BCUT2D eigenvalue weighted by atomic mass is 35.5. The summed E-state index contributed by atoms with van der Waals surface area (Å²) in [6.07, 6.45) is 0. The summed E-state index contributed by atoms with van der Waals surface area (Å²) in [5.74, 6) is 0.847. The van der Waals surface area contributed by atoms with Crippen molar-refractivity contribution in [3.05, 3.63) is 35.1 Å². The molecule has 0 bridgehead atoms. The molecule has 1 aromatic carbocycles. The van der Waals surface area contributed by atoms with Crippen LogP contribution in [-0.4, -0.2) is 22.0 Å². The number of halogens is 1. The molecule has 6 heteroatoms. The average Bonchev–Trinajstić information content (AvgIpc) is 2.28. The molecule has 0 aliphatic carbocycles. The minimum atomic E-state index is 0.152. The Kier molecular flexibility index (Phi) is 3.39. The van der Waals surface area contributed by atoms with Crippen LogP contribution < -0.4 is 10.6 Å². The third kappa shape index (κ3) is 3.04. The fourth-order valence-electron chi connectivity index (χ4n) is 1.37. The second kappa shape index (κ2) is 4.97. The van der Waals surface area contributed by atoms with E-state index >= 15 is 0 Å². The first-order valence-electron chi connectivity index (χ1n) is 5.10. The Hall–Kier alpha value is -1.88. The quantitative estimate of drug-likeness (QED) is 0.876. The van der Waals surface area contributed by atoms with E-state index in [9.17, 15) is 0 Å². The fraction of sp³-hybridized carbons (Fsp3) is 0.182. The molecule has 1 aromatic heterocycles. The van der Waals surface area contributed by atoms with Gasteiger partial charge >= 0.3 is 0 Å². The van der Waals surface area contributed by atoms with Crippen LogP contribution in [-0.2, 0) is 0 Å². The Bertz CT molecular complexity index is 529. The lowest BCUT2D eigenvalue weighted by atomic mass is 10.2. The van der Waals surface area contributed by atoms with Gasteiger partial charge in [0.1, 0.15) is 0 Å². The number of aryl methyl sites for hydroxylation is 1. The number of benzene rings is 1. The Labute approximate surface area is 104 Å².